The minimum Gasteiger partial charge on any atom is -0.463 e. The van der Waals surface area contributed by atoms with Gasteiger partial charge in [0, 0.05) is 11.9 Å². The van der Waals surface area contributed by atoms with Crippen LogP contribution in [0.4, 0.5) is 0 Å². The van der Waals surface area contributed by atoms with E-state index in [1.807, 2.05) is 20.8 Å². The minimum absolute atomic E-state index is 0.0361. The van der Waals surface area contributed by atoms with Gasteiger partial charge >= 0.3 is 5.97 Å². The van der Waals surface area contributed by atoms with Crippen molar-refractivity contribution in [3.05, 3.63) is 17.7 Å². The van der Waals surface area contributed by atoms with Crippen molar-refractivity contribution in [3.8, 4) is 0 Å². The predicted molar refractivity (Wildman–Crippen MR) is 52.9 cm³/mol. The van der Waals surface area contributed by atoms with Crippen LogP contribution in [0.5, 0.6) is 0 Å². The van der Waals surface area contributed by atoms with Gasteiger partial charge in [-0.25, -0.2) is 4.98 Å². The molecule has 1 aromatic heterocycles. The molecule has 1 aromatic rings. The molecule has 0 aliphatic heterocycles. The fraction of sp³-hybridized carbons (Fsp3) is 0.600. The van der Waals surface area contributed by atoms with Crippen LogP contribution in [0.3, 0.4) is 0 Å². The number of aromatic nitrogens is 2. The number of carbonyl (C=O) groups is 1. The molecule has 0 aliphatic rings. The zero-order chi connectivity index (χ0) is 10.6. The van der Waals surface area contributed by atoms with Crippen LogP contribution in [0.2, 0.25) is 0 Å². The van der Waals surface area contributed by atoms with E-state index in [4.69, 9.17) is 4.74 Å². The van der Waals surface area contributed by atoms with E-state index in [1.165, 1.54) is 0 Å². The molecule has 0 fully saturated rings. The Kier molecular flexibility index (Phi) is 3.68. The van der Waals surface area contributed by atoms with Crippen LogP contribution in [-0.4, -0.2) is 22.0 Å². The van der Waals surface area contributed by atoms with Crippen molar-refractivity contribution in [1.82, 2.24) is 9.97 Å². The van der Waals surface area contributed by atoms with Crippen molar-refractivity contribution >= 4 is 5.97 Å². The van der Waals surface area contributed by atoms with E-state index >= 15 is 0 Å². The van der Waals surface area contributed by atoms with Crippen LogP contribution < -0.4 is 0 Å². The summed E-state index contributed by atoms with van der Waals surface area (Å²) in [6.07, 6.45) is 2.77. The average Bonchev–Trinajstić information content (AvgIpc) is 2.47. The first kappa shape index (κ1) is 10.8. The van der Waals surface area contributed by atoms with Crippen molar-refractivity contribution in [1.29, 1.82) is 0 Å². The lowest BCUT2D eigenvalue weighted by Crippen LogP contribution is -2.11. The zero-order valence-electron chi connectivity index (χ0n) is 8.83. The number of H-pyrrole nitrogens is 1. The summed E-state index contributed by atoms with van der Waals surface area (Å²) in [5.41, 5.74) is 0.975. The van der Waals surface area contributed by atoms with Crippen LogP contribution in [0.1, 0.15) is 31.8 Å². The molecule has 1 N–H and O–H groups in total. The number of nitrogens with one attached hydrogen (secondary N) is 1. The molecule has 0 bridgehead atoms. The maximum atomic E-state index is 11.2. The summed E-state index contributed by atoms with van der Waals surface area (Å²) in [6.45, 7) is 5.58. The summed E-state index contributed by atoms with van der Waals surface area (Å²) < 4.78 is 5.01. The molecule has 0 aromatic carbocycles. The van der Waals surface area contributed by atoms with E-state index in [-0.39, 0.29) is 12.1 Å². The molecule has 0 unspecified atom stereocenters. The lowest BCUT2D eigenvalue weighted by atomic mass is 10.2. The number of aromatic amines is 1. The second-order valence-electron chi connectivity index (χ2n) is 3.53. The highest BCUT2D eigenvalue weighted by molar-refractivity contribution is 5.69. The van der Waals surface area contributed by atoms with Crippen LogP contribution in [-0.2, 0) is 16.0 Å². The molecule has 1 rings (SSSR count). The van der Waals surface area contributed by atoms with E-state index in [0.717, 1.165) is 11.5 Å². The van der Waals surface area contributed by atoms with Crippen LogP contribution in [0, 0.1) is 6.92 Å². The Morgan fingerprint density at radius 1 is 1.64 bits per heavy atom. The van der Waals surface area contributed by atoms with Gasteiger partial charge in [-0.3, -0.25) is 4.79 Å². The molecular formula is C10H16N2O2. The van der Waals surface area contributed by atoms with Crippen LogP contribution in [0.15, 0.2) is 6.20 Å². The van der Waals surface area contributed by atoms with Gasteiger partial charge < -0.3 is 9.72 Å². The Labute approximate surface area is 83.7 Å². The van der Waals surface area contributed by atoms with Gasteiger partial charge in [-0.05, 0) is 27.2 Å². The fourth-order valence-electron chi connectivity index (χ4n) is 1.16. The number of aryl methyl sites for hydroxylation is 2. The number of esters is 1. The third kappa shape index (κ3) is 3.60. The molecule has 14 heavy (non-hydrogen) atoms. The van der Waals surface area contributed by atoms with Gasteiger partial charge in [-0.2, -0.15) is 0 Å². The maximum Gasteiger partial charge on any atom is 0.306 e. The molecule has 0 aliphatic carbocycles. The fourth-order valence-corrected chi connectivity index (χ4v) is 1.16. The smallest absolute Gasteiger partial charge is 0.306 e. The van der Waals surface area contributed by atoms with Gasteiger partial charge in [-0.15, -0.1) is 0 Å². The molecule has 78 valence electrons. The molecule has 0 amide bonds. The minimum atomic E-state index is -0.160. The SMILES string of the molecule is Cc1ncc(CCC(=O)OC(C)C)[nH]1. The van der Waals surface area contributed by atoms with Crippen molar-refractivity contribution in [2.45, 2.75) is 39.7 Å². The quantitative estimate of drug-likeness (QED) is 0.744. The number of nitrogens with zero attached hydrogens (tertiary/aromatic N) is 1. The maximum absolute atomic E-state index is 11.2. The Morgan fingerprint density at radius 3 is 2.86 bits per heavy atom. The summed E-state index contributed by atoms with van der Waals surface area (Å²) in [5.74, 6) is 0.712. The summed E-state index contributed by atoms with van der Waals surface area (Å²) in [6, 6.07) is 0. The first-order valence-corrected chi connectivity index (χ1v) is 4.78. The van der Waals surface area contributed by atoms with Gasteiger partial charge in [0.25, 0.3) is 0 Å². The van der Waals surface area contributed by atoms with Crippen LogP contribution in [0.25, 0.3) is 0 Å². The molecule has 1 heterocycles. The first-order valence-electron chi connectivity index (χ1n) is 4.78. The van der Waals surface area contributed by atoms with E-state index < -0.39 is 0 Å². The number of rotatable bonds is 4. The third-order valence-electron chi connectivity index (χ3n) is 1.72. The summed E-state index contributed by atoms with van der Waals surface area (Å²) in [7, 11) is 0. The predicted octanol–water partition coefficient (Wildman–Crippen LogP) is 1.60. The lowest BCUT2D eigenvalue weighted by molar-refractivity contribution is -0.147. The lowest BCUT2D eigenvalue weighted by Gasteiger charge is -2.06. The molecule has 0 radical (unpaired) electrons. The van der Waals surface area contributed by atoms with Crippen molar-refractivity contribution < 1.29 is 9.53 Å². The Balaban J connectivity index is 2.30. The van der Waals surface area contributed by atoms with E-state index in [9.17, 15) is 4.79 Å². The Bertz CT molecular complexity index is 305. The number of imidazole rings is 1. The highest BCUT2D eigenvalue weighted by Crippen LogP contribution is 2.02. The Morgan fingerprint density at radius 2 is 2.36 bits per heavy atom. The zero-order valence-corrected chi connectivity index (χ0v) is 8.83. The average molecular weight is 196 g/mol. The van der Waals surface area contributed by atoms with Crippen LogP contribution >= 0.6 is 0 Å². The van der Waals surface area contributed by atoms with E-state index in [0.29, 0.717) is 12.8 Å². The number of carbonyl (C=O) groups excluding carboxylic acids is 1. The first-order chi connectivity index (χ1) is 6.58. The molecule has 0 saturated carbocycles. The topological polar surface area (TPSA) is 55.0 Å². The number of hydrogen-bond acceptors (Lipinski definition) is 3. The normalized spacial score (nSPS) is 10.6. The van der Waals surface area contributed by atoms with Gasteiger partial charge in [0.2, 0.25) is 0 Å². The van der Waals surface area contributed by atoms with Crippen molar-refractivity contribution in [3.63, 3.8) is 0 Å². The third-order valence-corrected chi connectivity index (χ3v) is 1.72. The van der Waals surface area contributed by atoms with E-state index in [1.54, 1.807) is 6.20 Å². The summed E-state index contributed by atoms with van der Waals surface area (Å²) >= 11 is 0. The van der Waals surface area contributed by atoms with Gasteiger partial charge in [0.15, 0.2) is 0 Å². The molecule has 0 atom stereocenters. The molecule has 0 spiro atoms. The van der Waals surface area contributed by atoms with Crippen molar-refractivity contribution in [2.24, 2.45) is 0 Å². The largest absolute Gasteiger partial charge is 0.463 e. The molecular weight excluding hydrogens is 180 g/mol. The highest BCUT2D eigenvalue weighted by Gasteiger charge is 2.06. The molecule has 4 nitrogen and oxygen atoms in total. The monoisotopic (exact) mass is 196 g/mol. The van der Waals surface area contributed by atoms with Gasteiger partial charge in [0.1, 0.15) is 5.82 Å². The molecule has 0 saturated heterocycles. The summed E-state index contributed by atoms with van der Waals surface area (Å²) in [4.78, 5) is 18.3. The van der Waals surface area contributed by atoms with Crippen molar-refractivity contribution in [2.75, 3.05) is 0 Å². The number of ether oxygens (including phenoxy) is 1. The standard InChI is InChI=1S/C10H16N2O2/c1-7(2)14-10(13)5-4-9-6-11-8(3)12-9/h6-7H,4-5H2,1-3H3,(H,11,12). The second-order valence-corrected chi connectivity index (χ2v) is 3.53. The Hall–Kier alpha value is -1.32. The summed E-state index contributed by atoms with van der Waals surface area (Å²) in [5, 5.41) is 0. The van der Waals surface area contributed by atoms with E-state index in [2.05, 4.69) is 9.97 Å². The van der Waals surface area contributed by atoms with Gasteiger partial charge in [0.05, 0.1) is 12.5 Å². The second kappa shape index (κ2) is 4.79. The molecule has 4 heteroatoms. The number of hydrogen-bond donors (Lipinski definition) is 1. The highest BCUT2D eigenvalue weighted by atomic mass is 16.5. The van der Waals surface area contributed by atoms with Gasteiger partial charge in [-0.1, -0.05) is 0 Å².